The number of hydrogen-bond acceptors (Lipinski definition) is 9. The number of H-pyrrole nitrogens is 1. The van der Waals surface area contributed by atoms with Crippen LogP contribution in [0.4, 0.5) is 0 Å². The van der Waals surface area contributed by atoms with E-state index in [1.807, 2.05) is 42.5 Å². The quantitative estimate of drug-likeness (QED) is 0.458. The Morgan fingerprint density at radius 3 is 2.91 bits per heavy atom. The Bertz CT molecular complexity index is 1390. The molecule has 0 saturated carbocycles. The third-order valence-electron chi connectivity index (χ3n) is 5.69. The normalized spacial score (nSPS) is 15.8. The molecule has 6 rings (SSSR count). The van der Waals surface area contributed by atoms with Gasteiger partial charge in [0.25, 0.3) is 0 Å². The Morgan fingerprint density at radius 1 is 1.12 bits per heavy atom. The fourth-order valence-electron chi connectivity index (χ4n) is 4.06. The molecular weight excluding hydrogens is 440 g/mol. The first kappa shape index (κ1) is 20.2. The lowest BCUT2D eigenvalue weighted by Crippen LogP contribution is -2.35. The van der Waals surface area contributed by atoms with Gasteiger partial charge in [-0.3, -0.25) is 4.57 Å². The summed E-state index contributed by atoms with van der Waals surface area (Å²) in [6.07, 6.45) is 0.387. The van der Waals surface area contributed by atoms with Crippen molar-refractivity contribution in [2.24, 2.45) is 0 Å². The number of ether oxygens (including phenoxy) is 4. The van der Waals surface area contributed by atoms with E-state index >= 15 is 0 Å². The van der Waals surface area contributed by atoms with Crippen molar-refractivity contribution in [3.8, 4) is 34.4 Å². The van der Waals surface area contributed by atoms with Gasteiger partial charge in [0.1, 0.15) is 19.0 Å². The Hall–Kier alpha value is -4.41. The van der Waals surface area contributed by atoms with Gasteiger partial charge in [0.05, 0.1) is 5.69 Å². The third kappa shape index (κ3) is 3.91. The van der Waals surface area contributed by atoms with Gasteiger partial charge in [0.2, 0.25) is 11.7 Å². The van der Waals surface area contributed by atoms with Crippen molar-refractivity contribution in [3.63, 3.8) is 0 Å². The van der Waals surface area contributed by atoms with Gasteiger partial charge in [-0.2, -0.15) is 10.2 Å². The molecule has 0 spiro atoms. The summed E-state index contributed by atoms with van der Waals surface area (Å²) in [6, 6.07) is 15.0. The van der Waals surface area contributed by atoms with Gasteiger partial charge in [-0.15, -0.1) is 10.2 Å². The summed E-state index contributed by atoms with van der Waals surface area (Å²) in [4.78, 5) is 16.8. The average molecular weight is 460 g/mol. The smallest absolute Gasteiger partial charge is 0.351 e. The summed E-state index contributed by atoms with van der Waals surface area (Å²) in [5.41, 5.74) is 2.42. The first-order valence-electron chi connectivity index (χ1n) is 10.8. The molecule has 11 heteroatoms. The van der Waals surface area contributed by atoms with E-state index in [9.17, 15) is 4.79 Å². The number of hydrogen-bond donors (Lipinski definition) is 1. The molecule has 2 aliphatic rings. The highest BCUT2D eigenvalue weighted by Gasteiger charge is 2.23. The number of nitrogens with one attached hydrogen (secondary N) is 1. The Kier molecular flexibility index (Phi) is 5.06. The van der Waals surface area contributed by atoms with E-state index < -0.39 is 0 Å². The van der Waals surface area contributed by atoms with E-state index in [1.54, 1.807) is 10.6 Å². The lowest BCUT2D eigenvalue weighted by molar-refractivity contribution is 0.0520. The highest BCUT2D eigenvalue weighted by molar-refractivity contribution is 5.67. The van der Waals surface area contributed by atoms with Gasteiger partial charge in [0, 0.05) is 18.2 Å². The second-order valence-corrected chi connectivity index (χ2v) is 7.91. The molecule has 4 aromatic rings. The van der Waals surface area contributed by atoms with Crippen molar-refractivity contribution in [2.75, 3.05) is 13.2 Å². The van der Waals surface area contributed by atoms with E-state index in [-0.39, 0.29) is 30.9 Å². The molecule has 4 heterocycles. The molecule has 2 aromatic carbocycles. The summed E-state index contributed by atoms with van der Waals surface area (Å²) in [5, 5.41) is 13.7. The lowest BCUT2D eigenvalue weighted by Gasteiger charge is -2.26. The topological polar surface area (TPSA) is 126 Å². The molecule has 2 aromatic heterocycles. The maximum Gasteiger partial charge on any atom is 0.351 e. The van der Waals surface area contributed by atoms with Crippen LogP contribution in [0, 0.1) is 0 Å². The van der Waals surface area contributed by atoms with Gasteiger partial charge in [-0.1, -0.05) is 17.3 Å². The van der Waals surface area contributed by atoms with E-state index in [2.05, 4.69) is 25.6 Å². The molecule has 0 bridgehead atoms. The van der Waals surface area contributed by atoms with E-state index in [0.717, 1.165) is 16.8 Å². The van der Waals surface area contributed by atoms with Crippen LogP contribution in [0.2, 0.25) is 0 Å². The van der Waals surface area contributed by atoms with Crippen molar-refractivity contribution < 1.29 is 18.9 Å². The van der Waals surface area contributed by atoms with Gasteiger partial charge >= 0.3 is 5.69 Å². The molecule has 1 N–H and O–H groups in total. The minimum absolute atomic E-state index is 0.208. The number of aromatic nitrogens is 6. The standard InChI is InChI=1S/C23H20N6O5/c30-23-24-22(33-12-16-11-32-19-3-1-2-4-20(19)34-16)10-18-17-6-5-15(9-14(17)7-8-29(18)23)31-13-21-25-27-28-26-21/h1-6,9-10,16H,7-8,11-13H2,(H,25,26,27,28). The molecule has 0 radical (unpaired) electrons. The van der Waals surface area contributed by atoms with E-state index in [0.29, 0.717) is 42.6 Å². The fourth-order valence-corrected chi connectivity index (χ4v) is 4.06. The second kappa shape index (κ2) is 8.50. The van der Waals surface area contributed by atoms with Crippen LogP contribution in [-0.2, 0) is 19.6 Å². The summed E-state index contributed by atoms with van der Waals surface area (Å²) in [6.45, 7) is 1.31. The van der Waals surface area contributed by atoms with Crippen LogP contribution in [0.5, 0.6) is 23.1 Å². The molecule has 11 nitrogen and oxygen atoms in total. The summed E-state index contributed by atoms with van der Waals surface area (Å²) < 4.78 is 24.9. The number of aromatic amines is 1. The van der Waals surface area contributed by atoms with Crippen LogP contribution in [0.25, 0.3) is 11.3 Å². The molecule has 34 heavy (non-hydrogen) atoms. The summed E-state index contributed by atoms with van der Waals surface area (Å²) >= 11 is 0. The van der Waals surface area contributed by atoms with Gasteiger partial charge in [0.15, 0.2) is 24.2 Å². The van der Waals surface area contributed by atoms with Crippen LogP contribution in [0.15, 0.2) is 53.3 Å². The zero-order valence-corrected chi connectivity index (χ0v) is 18.0. The van der Waals surface area contributed by atoms with Crippen LogP contribution in [0.3, 0.4) is 0 Å². The van der Waals surface area contributed by atoms with Crippen molar-refractivity contribution in [3.05, 3.63) is 70.4 Å². The number of benzene rings is 2. The SMILES string of the molecule is O=c1nc(OCC2COc3ccccc3O2)cc2n1CCc1cc(OCc3nn[nH]n3)ccc1-2. The minimum atomic E-state index is -0.346. The Labute approximate surface area is 193 Å². The predicted octanol–water partition coefficient (Wildman–Crippen LogP) is 1.78. The number of tetrazole rings is 1. The maximum atomic E-state index is 12.7. The monoisotopic (exact) mass is 460 g/mol. The average Bonchev–Trinajstić information content (AvgIpc) is 3.39. The zero-order valence-electron chi connectivity index (χ0n) is 18.0. The second-order valence-electron chi connectivity index (χ2n) is 7.91. The minimum Gasteiger partial charge on any atom is -0.486 e. The summed E-state index contributed by atoms with van der Waals surface area (Å²) in [7, 11) is 0. The first-order chi connectivity index (χ1) is 16.7. The Balaban J connectivity index is 1.19. The van der Waals surface area contributed by atoms with Gasteiger partial charge in [-0.05, 0) is 42.3 Å². The van der Waals surface area contributed by atoms with Crippen LogP contribution in [0.1, 0.15) is 11.4 Å². The van der Waals surface area contributed by atoms with Crippen LogP contribution in [-0.4, -0.2) is 49.5 Å². The number of para-hydroxylation sites is 2. The molecule has 0 saturated heterocycles. The first-order valence-corrected chi connectivity index (χ1v) is 10.8. The van der Waals surface area contributed by atoms with Crippen LogP contribution >= 0.6 is 0 Å². The number of aryl methyl sites for hydroxylation is 1. The molecule has 172 valence electrons. The van der Waals surface area contributed by atoms with Crippen molar-refractivity contribution in [1.29, 1.82) is 0 Å². The maximum absolute atomic E-state index is 12.7. The van der Waals surface area contributed by atoms with E-state index in [1.165, 1.54) is 0 Å². The molecule has 0 fully saturated rings. The highest BCUT2D eigenvalue weighted by atomic mass is 16.6. The Morgan fingerprint density at radius 2 is 2.03 bits per heavy atom. The fraction of sp³-hybridized carbons (Fsp3) is 0.261. The van der Waals surface area contributed by atoms with Gasteiger partial charge < -0.3 is 18.9 Å². The van der Waals surface area contributed by atoms with Crippen molar-refractivity contribution >= 4 is 0 Å². The lowest BCUT2D eigenvalue weighted by atomic mass is 9.97. The molecule has 0 amide bonds. The molecular formula is C23H20N6O5. The number of fused-ring (bicyclic) bond motifs is 4. The van der Waals surface area contributed by atoms with E-state index in [4.69, 9.17) is 18.9 Å². The summed E-state index contributed by atoms with van der Waals surface area (Å²) in [5.74, 6) is 2.80. The van der Waals surface area contributed by atoms with Crippen molar-refractivity contribution in [2.45, 2.75) is 25.7 Å². The third-order valence-corrected chi connectivity index (χ3v) is 5.69. The largest absolute Gasteiger partial charge is 0.486 e. The molecule has 0 aliphatic carbocycles. The molecule has 2 aliphatic heterocycles. The van der Waals surface area contributed by atoms with Crippen molar-refractivity contribution in [1.82, 2.24) is 30.2 Å². The highest BCUT2D eigenvalue weighted by Crippen LogP contribution is 2.33. The van der Waals surface area contributed by atoms with Gasteiger partial charge in [-0.25, -0.2) is 4.79 Å². The molecule has 1 atom stereocenters. The zero-order chi connectivity index (χ0) is 22.9. The number of rotatable bonds is 6. The van der Waals surface area contributed by atoms with Crippen LogP contribution < -0.4 is 24.6 Å². The number of nitrogens with zero attached hydrogens (tertiary/aromatic N) is 5. The predicted molar refractivity (Wildman–Crippen MR) is 118 cm³/mol. The molecule has 1 unspecified atom stereocenters.